The van der Waals surface area contributed by atoms with Crippen molar-refractivity contribution in [3.8, 4) is 0 Å². The van der Waals surface area contributed by atoms with Crippen LogP contribution in [-0.2, 0) is 9.53 Å². The van der Waals surface area contributed by atoms with Gasteiger partial charge in [0.25, 0.3) is 0 Å². The number of rotatable bonds is 2. The molecule has 2 fully saturated rings. The normalized spacial score (nSPS) is 26.0. The molecule has 0 bridgehead atoms. The fourth-order valence-electron chi connectivity index (χ4n) is 4.02. The average Bonchev–Trinajstić information content (AvgIpc) is 3.04. The minimum absolute atomic E-state index is 0.188. The Morgan fingerprint density at radius 2 is 2.13 bits per heavy atom. The predicted molar refractivity (Wildman–Crippen MR) is 88.2 cm³/mol. The number of hydrogen-bond donors (Lipinski definition) is 0. The number of amides is 1. The first-order valence-corrected chi connectivity index (χ1v) is 8.59. The van der Waals surface area contributed by atoms with Crippen LogP contribution in [0.15, 0.2) is 30.6 Å². The van der Waals surface area contributed by atoms with Gasteiger partial charge in [-0.3, -0.25) is 4.79 Å². The molecule has 3 atom stereocenters. The number of ether oxygens (including phenoxy) is 1. The molecule has 1 saturated carbocycles. The molecule has 2 aliphatic rings. The first-order chi connectivity index (χ1) is 11.3. The zero-order valence-electron chi connectivity index (χ0n) is 13.5. The molecule has 2 aromatic rings. The molecule has 122 valence electrons. The smallest absolute Gasteiger partial charge is 0.245 e. The summed E-state index contributed by atoms with van der Waals surface area (Å²) in [4.78, 5) is 19.6. The fraction of sp³-hybridized carbons (Fsp3) is 0.556. The van der Waals surface area contributed by atoms with Gasteiger partial charge in [-0.15, -0.1) is 0 Å². The van der Waals surface area contributed by atoms with Gasteiger partial charge in [0.05, 0.1) is 36.1 Å². The van der Waals surface area contributed by atoms with Crippen molar-refractivity contribution in [3.05, 3.63) is 30.6 Å². The van der Waals surface area contributed by atoms with E-state index in [1.165, 1.54) is 12.8 Å². The van der Waals surface area contributed by atoms with E-state index >= 15 is 0 Å². The third kappa shape index (κ3) is 2.53. The van der Waals surface area contributed by atoms with Crippen molar-refractivity contribution < 1.29 is 9.53 Å². The molecule has 1 aliphatic heterocycles. The van der Waals surface area contributed by atoms with Crippen LogP contribution in [-0.4, -0.2) is 45.7 Å². The third-order valence-corrected chi connectivity index (χ3v) is 5.27. The number of morpholine rings is 1. The van der Waals surface area contributed by atoms with Crippen LogP contribution >= 0.6 is 0 Å². The van der Waals surface area contributed by atoms with E-state index in [1.807, 2.05) is 35.8 Å². The summed E-state index contributed by atoms with van der Waals surface area (Å²) in [6.45, 7) is 3.34. The minimum atomic E-state index is -0.233. The Balaban J connectivity index is 1.60. The Labute approximate surface area is 136 Å². The summed E-state index contributed by atoms with van der Waals surface area (Å²) in [5.74, 6) is 0.188. The second-order valence-corrected chi connectivity index (χ2v) is 6.61. The number of imidazole rings is 1. The highest BCUT2D eigenvalue weighted by atomic mass is 16.5. The Hall–Kier alpha value is -1.88. The van der Waals surface area contributed by atoms with Gasteiger partial charge < -0.3 is 14.2 Å². The first-order valence-electron chi connectivity index (χ1n) is 8.59. The number of benzene rings is 1. The van der Waals surface area contributed by atoms with E-state index in [0.717, 1.165) is 23.9 Å². The lowest BCUT2D eigenvalue weighted by Gasteiger charge is -2.44. The minimum Gasteiger partial charge on any atom is -0.374 e. The Morgan fingerprint density at radius 1 is 1.30 bits per heavy atom. The molecule has 1 aliphatic carbocycles. The van der Waals surface area contributed by atoms with E-state index in [-0.39, 0.29) is 24.1 Å². The van der Waals surface area contributed by atoms with Crippen LogP contribution in [0.3, 0.4) is 0 Å². The number of carbonyl (C=O) groups is 1. The third-order valence-electron chi connectivity index (χ3n) is 5.27. The first kappa shape index (κ1) is 14.7. The molecule has 1 aromatic carbocycles. The maximum Gasteiger partial charge on any atom is 0.245 e. The number of aromatic nitrogens is 2. The molecule has 5 nitrogen and oxygen atoms in total. The maximum absolute atomic E-state index is 13.1. The monoisotopic (exact) mass is 313 g/mol. The van der Waals surface area contributed by atoms with Gasteiger partial charge in [-0.1, -0.05) is 25.0 Å². The summed E-state index contributed by atoms with van der Waals surface area (Å²) in [7, 11) is 0. The standard InChI is InChI=1S/C18H23N3O2/c1-13(21-12-19-14-6-2-3-7-15(14)21)18(22)20-10-11-23-17-9-5-4-8-16(17)20/h2-3,6-7,12-13,16-17H,4-5,8-11H2,1H3/t13-,16+,17+/m1/s1. The van der Waals surface area contributed by atoms with Crippen LogP contribution in [0.2, 0.25) is 0 Å². The molecule has 5 heteroatoms. The van der Waals surface area contributed by atoms with Crippen molar-refractivity contribution in [2.75, 3.05) is 13.2 Å². The van der Waals surface area contributed by atoms with E-state index in [4.69, 9.17) is 4.74 Å². The lowest BCUT2D eigenvalue weighted by atomic mass is 9.90. The number of carbonyl (C=O) groups excluding carboxylic acids is 1. The highest BCUT2D eigenvalue weighted by molar-refractivity contribution is 5.84. The molecule has 0 unspecified atom stereocenters. The second kappa shape index (κ2) is 5.96. The largest absolute Gasteiger partial charge is 0.374 e. The summed E-state index contributed by atoms with van der Waals surface area (Å²) in [5, 5.41) is 0. The van der Waals surface area contributed by atoms with E-state index in [0.29, 0.717) is 13.2 Å². The molecule has 0 N–H and O–H groups in total. The Kier molecular flexibility index (Phi) is 3.81. The van der Waals surface area contributed by atoms with E-state index in [9.17, 15) is 4.79 Å². The van der Waals surface area contributed by atoms with Crippen molar-refractivity contribution >= 4 is 16.9 Å². The van der Waals surface area contributed by atoms with Crippen molar-refractivity contribution in [3.63, 3.8) is 0 Å². The molecule has 0 radical (unpaired) electrons. The molecule has 1 saturated heterocycles. The second-order valence-electron chi connectivity index (χ2n) is 6.61. The number of nitrogens with zero attached hydrogens (tertiary/aromatic N) is 3. The molecule has 1 aromatic heterocycles. The topological polar surface area (TPSA) is 47.4 Å². The molecule has 0 spiro atoms. The van der Waals surface area contributed by atoms with Crippen LogP contribution in [0.5, 0.6) is 0 Å². The Bertz CT molecular complexity index is 709. The predicted octanol–water partition coefficient (Wildman–Crippen LogP) is 2.77. The molecular formula is C18H23N3O2. The van der Waals surface area contributed by atoms with Crippen LogP contribution in [0.1, 0.15) is 38.6 Å². The van der Waals surface area contributed by atoms with E-state index in [1.54, 1.807) is 6.33 Å². The van der Waals surface area contributed by atoms with Gasteiger partial charge in [-0.2, -0.15) is 0 Å². The zero-order chi connectivity index (χ0) is 15.8. The Morgan fingerprint density at radius 3 is 3.04 bits per heavy atom. The highest BCUT2D eigenvalue weighted by Crippen LogP contribution is 2.30. The summed E-state index contributed by atoms with van der Waals surface area (Å²) >= 11 is 0. The van der Waals surface area contributed by atoms with Crippen LogP contribution in [0, 0.1) is 0 Å². The van der Waals surface area contributed by atoms with Crippen LogP contribution in [0.4, 0.5) is 0 Å². The van der Waals surface area contributed by atoms with Gasteiger partial charge in [-0.05, 0) is 31.9 Å². The van der Waals surface area contributed by atoms with Gasteiger partial charge in [-0.25, -0.2) is 4.98 Å². The SMILES string of the molecule is C[C@H](C(=O)N1CCO[C@H]2CCCC[C@@H]21)n1cnc2ccccc21. The number of fused-ring (bicyclic) bond motifs is 2. The highest BCUT2D eigenvalue weighted by Gasteiger charge is 2.38. The van der Waals surface area contributed by atoms with Gasteiger partial charge >= 0.3 is 0 Å². The molecule has 2 heterocycles. The fourth-order valence-corrected chi connectivity index (χ4v) is 4.02. The maximum atomic E-state index is 13.1. The van der Waals surface area contributed by atoms with Crippen LogP contribution < -0.4 is 0 Å². The van der Waals surface area contributed by atoms with Gasteiger partial charge in [0.15, 0.2) is 0 Å². The van der Waals surface area contributed by atoms with Crippen molar-refractivity contribution in [1.29, 1.82) is 0 Å². The van der Waals surface area contributed by atoms with Crippen molar-refractivity contribution in [1.82, 2.24) is 14.5 Å². The van der Waals surface area contributed by atoms with Crippen molar-refractivity contribution in [2.24, 2.45) is 0 Å². The van der Waals surface area contributed by atoms with Gasteiger partial charge in [0, 0.05) is 6.54 Å². The lowest BCUT2D eigenvalue weighted by Crippen LogP contribution is -2.56. The summed E-state index contributed by atoms with van der Waals surface area (Å²) in [6.07, 6.45) is 6.56. The molecule has 23 heavy (non-hydrogen) atoms. The number of para-hydroxylation sites is 2. The quantitative estimate of drug-likeness (QED) is 0.856. The molecular weight excluding hydrogens is 290 g/mol. The van der Waals surface area contributed by atoms with Gasteiger partial charge in [0.1, 0.15) is 6.04 Å². The number of hydrogen-bond acceptors (Lipinski definition) is 3. The molecule has 4 rings (SSSR count). The summed E-state index contributed by atoms with van der Waals surface area (Å²) in [5.41, 5.74) is 1.95. The summed E-state index contributed by atoms with van der Waals surface area (Å²) < 4.78 is 7.88. The van der Waals surface area contributed by atoms with Crippen molar-refractivity contribution in [2.45, 2.75) is 50.8 Å². The molecule has 1 amide bonds. The van der Waals surface area contributed by atoms with E-state index < -0.39 is 0 Å². The van der Waals surface area contributed by atoms with E-state index in [2.05, 4.69) is 9.88 Å². The van der Waals surface area contributed by atoms with Gasteiger partial charge in [0.2, 0.25) is 5.91 Å². The summed E-state index contributed by atoms with van der Waals surface area (Å²) in [6, 6.07) is 7.99. The lowest BCUT2D eigenvalue weighted by molar-refractivity contribution is -0.152. The van der Waals surface area contributed by atoms with Crippen LogP contribution in [0.25, 0.3) is 11.0 Å². The zero-order valence-corrected chi connectivity index (χ0v) is 13.5. The average molecular weight is 313 g/mol.